The second-order valence-electron chi connectivity index (χ2n) is 6.43. The van der Waals surface area contributed by atoms with Gasteiger partial charge in [-0.05, 0) is 49.7 Å². The molecule has 0 radical (unpaired) electrons. The van der Waals surface area contributed by atoms with Crippen molar-refractivity contribution in [3.63, 3.8) is 0 Å². The number of hydrogen-bond donors (Lipinski definition) is 1. The summed E-state index contributed by atoms with van der Waals surface area (Å²) >= 11 is 1.25. The average molecular weight is 415 g/mol. The minimum Gasteiger partial charge on any atom is -0.467 e. The van der Waals surface area contributed by atoms with Crippen molar-refractivity contribution in [2.24, 2.45) is 0 Å². The van der Waals surface area contributed by atoms with Gasteiger partial charge >= 0.3 is 0 Å². The third-order valence-corrected chi connectivity index (χ3v) is 5.58. The summed E-state index contributed by atoms with van der Waals surface area (Å²) in [5.74, 6) is -0.567. The number of thioether (sulfide) groups is 1. The van der Waals surface area contributed by atoms with E-state index in [9.17, 15) is 18.8 Å². The number of carbonyl (C=O) groups excluding carboxylic acids is 1. The topological polar surface area (TPSA) is 71.0 Å². The van der Waals surface area contributed by atoms with Crippen LogP contribution in [0.5, 0.6) is 0 Å². The summed E-state index contributed by atoms with van der Waals surface area (Å²) in [6, 6.07) is 9.39. The molecule has 29 heavy (non-hydrogen) atoms. The maximum absolute atomic E-state index is 13.3. The lowest BCUT2D eigenvalue weighted by Crippen LogP contribution is -2.17. The molecule has 1 N–H and O–H groups in total. The minimum atomic E-state index is -0.917. The second-order valence-corrected chi connectivity index (χ2v) is 7.60. The van der Waals surface area contributed by atoms with Gasteiger partial charge < -0.3 is 14.3 Å². The van der Waals surface area contributed by atoms with E-state index in [2.05, 4.69) is 11.4 Å². The number of nitrogens with one attached hydrogen (secondary N) is 1. The number of nitriles is 1. The van der Waals surface area contributed by atoms with Crippen molar-refractivity contribution in [1.82, 2.24) is 4.57 Å². The molecule has 0 bridgehead atoms. The number of halogens is 2. The number of aromatic nitrogens is 1. The van der Waals surface area contributed by atoms with Crippen molar-refractivity contribution in [3.8, 4) is 6.07 Å². The molecule has 0 fully saturated rings. The lowest BCUT2D eigenvalue weighted by atomic mass is 10.2. The number of anilines is 1. The highest BCUT2D eigenvalue weighted by Gasteiger charge is 2.20. The molecule has 150 valence electrons. The Kier molecular flexibility index (Phi) is 6.39. The first-order valence-corrected chi connectivity index (χ1v) is 9.89. The first-order chi connectivity index (χ1) is 13.9. The monoisotopic (exact) mass is 415 g/mol. The van der Waals surface area contributed by atoms with E-state index >= 15 is 0 Å². The van der Waals surface area contributed by atoms with Crippen LogP contribution < -0.4 is 5.32 Å². The van der Waals surface area contributed by atoms with E-state index in [1.807, 2.05) is 24.5 Å². The molecule has 0 spiro atoms. The quantitative estimate of drug-likeness (QED) is 0.550. The van der Waals surface area contributed by atoms with Crippen molar-refractivity contribution in [2.45, 2.75) is 31.7 Å². The van der Waals surface area contributed by atoms with E-state index in [1.54, 1.807) is 12.3 Å². The maximum Gasteiger partial charge on any atom is 0.226 e. The van der Waals surface area contributed by atoms with E-state index in [0.717, 1.165) is 23.4 Å². The Bertz CT molecular complexity index is 1070. The molecule has 1 amide bonds. The Hall–Kier alpha value is -3.05. The van der Waals surface area contributed by atoms with Gasteiger partial charge in [-0.2, -0.15) is 5.26 Å². The van der Waals surface area contributed by atoms with E-state index in [0.29, 0.717) is 34.3 Å². The van der Waals surface area contributed by atoms with Crippen LogP contribution in [0.4, 0.5) is 14.6 Å². The van der Waals surface area contributed by atoms with Crippen molar-refractivity contribution < 1.29 is 18.0 Å². The average Bonchev–Trinajstić information content (AvgIpc) is 3.28. The van der Waals surface area contributed by atoms with Gasteiger partial charge in [0.15, 0.2) is 11.6 Å². The highest BCUT2D eigenvalue weighted by Crippen LogP contribution is 2.28. The molecule has 0 aliphatic rings. The molecular formula is C21H19F2N3O2S. The number of furan rings is 1. The maximum atomic E-state index is 13.3. The van der Waals surface area contributed by atoms with Crippen LogP contribution in [0.15, 0.2) is 45.9 Å². The number of hydrogen-bond acceptors (Lipinski definition) is 4. The lowest BCUT2D eigenvalue weighted by Gasteiger charge is -2.12. The predicted molar refractivity (Wildman–Crippen MR) is 107 cm³/mol. The fraction of sp³-hybridized carbons (Fsp3) is 0.238. The largest absolute Gasteiger partial charge is 0.467 e. The Balaban J connectivity index is 1.69. The van der Waals surface area contributed by atoms with Crippen molar-refractivity contribution in [2.75, 3.05) is 11.1 Å². The van der Waals surface area contributed by atoms with Gasteiger partial charge in [-0.25, -0.2) is 8.78 Å². The Morgan fingerprint density at radius 1 is 1.28 bits per heavy atom. The molecule has 8 heteroatoms. The highest BCUT2D eigenvalue weighted by atomic mass is 32.2. The van der Waals surface area contributed by atoms with Gasteiger partial charge in [-0.1, -0.05) is 0 Å². The summed E-state index contributed by atoms with van der Waals surface area (Å²) in [5, 5.41) is 12.4. The molecule has 2 heterocycles. The zero-order valence-corrected chi connectivity index (χ0v) is 16.8. The SMILES string of the molecule is Cc1c(C#N)c(NC(=O)CCSc2ccc(F)c(F)c2)n(Cc2ccco2)c1C. The molecule has 0 unspecified atom stereocenters. The van der Waals surface area contributed by atoms with E-state index in [4.69, 9.17) is 4.42 Å². The van der Waals surface area contributed by atoms with Crippen LogP contribution >= 0.6 is 11.8 Å². The molecule has 1 aromatic carbocycles. The molecule has 0 aliphatic carbocycles. The molecular weight excluding hydrogens is 396 g/mol. The van der Waals surface area contributed by atoms with Gasteiger partial charge in [0.1, 0.15) is 17.6 Å². The standard InChI is InChI=1S/C21H19F2N3O2S/c1-13-14(2)26(12-15-4-3-8-28-15)21(17(13)11-24)25-20(27)7-9-29-16-5-6-18(22)19(23)10-16/h3-6,8,10H,7,9,12H2,1-2H3,(H,25,27). The molecule has 3 aromatic rings. The Morgan fingerprint density at radius 2 is 2.07 bits per heavy atom. The van der Waals surface area contributed by atoms with Gasteiger partial charge in [0.05, 0.1) is 18.4 Å². The normalized spacial score (nSPS) is 10.7. The van der Waals surface area contributed by atoms with E-state index in [1.165, 1.54) is 17.8 Å². The van der Waals surface area contributed by atoms with Gasteiger partial charge in [0.25, 0.3) is 0 Å². The molecule has 3 rings (SSSR count). The number of amides is 1. The number of carbonyl (C=O) groups is 1. The summed E-state index contributed by atoms with van der Waals surface area (Å²) < 4.78 is 33.5. The van der Waals surface area contributed by atoms with Crippen molar-refractivity contribution in [1.29, 1.82) is 5.26 Å². The van der Waals surface area contributed by atoms with Crippen LogP contribution in [-0.4, -0.2) is 16.2 Å². The third-order valence-electron chi connectivity index (χ3n) is 4.58. The van der Waals surface area contributed by atoms with Gasteiger partial charge in [-0.15, -0.1) is 11.8 Å². The third kappa shape index (κ3) is 4.69. The number of rotatable bonds is 7. The molecule has 0 atom stereocenters. The number of nitrogens with zero attached hydrogens (tertiary/aromatic N) is 2. The number of benzene rings is 1. The first-order valence-electron chi connectivity index (χ1n) is 8.90. The fourth-order valence-electron chi connectivity index (χ4n) is 2.91. The van der Waals surface area contributed by atoms with E-state index in [-0.39, 0.29) is 12.3 Å². The Labute approximate surface area is 171 Å². The van der Waals surface area contributed by atoms with Crippen LogP contribution in [0.3, 0.4) is 0 Å². The predicted octanol–water partition coefficient (Wildman–Crippen LogP) is 5.02. The summed E-state index contributed by atoms with van der Waals surface area (Å²) in [5.41, 5.74) is 2.07. The van der Waals surface area contributed by atoms with Crippen LogP contribution in [0.1, 0.15) is 29.0 Å². The van der Waals surface area contributed by atoms with Gasteiger partial charge in [-0.3, -0.25) is 4.79 Å². The van der Waals surface area contributed by atoms with Gasteiger partial charge in [0, 0.05) is 22.8 Å². The summed E-state index contributed by atoms with van der Waals surface area (Å²) in [6.07, 6.45) is 1.72. The van der Waals surface area contributed by atoms with Crippen LogP contribution in [0.2, 0.25) is 0 Å². The zero-order chi connectivity index (χ0) is 21.0. The first kappa shape index (κ1) is 20.7. The summed E-state index contributed by atoms with van der Waals surface area (Å²) in [6.45, 7) is 4.11. The molecule has 0 aliphatic heterocycles. The van der Waals surface area contributed by atoms with E-state index < -0.39 is 11.6 Å². The molecule has 0 saturated carbocycles. The van der Waals surface area contributed by atoms with Crippen LogP contribution in [-0.2, 0) is 11.3 Å². The smallest absolute Gasteiger partial charge is 0.226 e. The lowest BCUT2D eigenvalue weighted by molar-refractivity contribution is -0.115. The van der Waals surface area contributed by atoms with Crippen LogP contribution in [0, 0.1) is 36.8 Å². The summed E-state index contributed by atoms with van der Waals surface area (Å²) in [4.78, 5) is 13.0. The highest BCUT2D eigenvalue weighted by molar-refractivity contribution is 7.99. The molecule has 5 nitrogen and oxygen atoms in total. The summed E-state index contributed by atoms with van der Waals surface area (Å²) in [7, 11) is 0. The van der Waals surface area contributed by atoms with Gasteiger partial charge in [0.2, 0.25) is 5.91 Å². The van der Waals surface area contributed by atoms with Crippen LogP contribution in [0.25, 0.3) is 0 Å². The van der Waals surface area contributed by atoms with Crippen molar-refractivity contribution >= 4 is 23.5 Å². The zero-order valence-electron chi connectivity index (χ0n) is 16.0. The molecule has 2 aromatic heterocycles. The fourth-order valence-corrected chi connectivity index (χ4v) is 3.78. The minimum absolute atomic E-state index is 0.151. The Morgan fingerprint density at radius 3 is 2.72 bits per heavy atom. The molecule has 0 saturated heterocycles. The second kappa shape index (κ2) is 8.97. The van der Waals surface area contributed by atoms with Crippen molar-refractivity contribution in [3.05, 3.63) is 70.8 Å².